The Hall–Kier alpha value is -1.76. The third-order valence-electron chi connectivity index (χ3n) is 1.62. The highest BCUT2D eigenvalue weighted by molar-refractivity contribution is 5.48. The van der Waals surface area contributed by atoms with Gasteiger partial charge in [-0.15, -0.1) is 0 Å². The van der Waals surface area contributed by atoms with Gasteiger partial charge in [0, 0.05) is 6.07 Å². The number of hydrogen-bond acceptors (Lipinski definition) is 4. The van der Waals surface area contributed by atoms with Gasteiger partial charge in [0.2, 0.25) is 5.75 Å². The average molecular weight is 219 g/mol. The van der Waals surface area contributed by atoms with Crippen LogP contribution in [-0.2, 0) is 6.61 Å². The minimum Gasteiger partial charge on any atom is -0.427 e. The van der Waals surface area contributed by atoms with Crippen molar-refractivity contribution in [3.63, 3.8) is 0 Å². The third-order valence-corrected chi connectivity index (χ3v) is 1.62. The zero-order valence-electron chi connectivity index (χ0n) is 7.39. The lowest BCUT2D eigenvalue weighted by atomic mass is 10.2. The molecule has 1 aromatic carbocycles. The van der Waals surface area contributed by atoms with Gasteiger partial charge in [-0.3, -0.25) is 10.1 Å². The van der Waals surface area contributed by atoms with Crippen molar-refractivity contribution in [3.05, 3.63) is 33.9 Å². The Balaban J connectivity index is 3.09. The number of nitrogens with zero attached hydrogens (tertiary/aromatic N) is 1. The van der Waals surface area contributed by atoms with E-state index in [9.17, 15) is 18.9 Å². The highest BCUT2D eigenvalue weighted by Gasteiger charge is 2.18. The topological polar surface area (TPSA) is 72.6 Å². The number of rotatable bonds is 4. The molecule has 0 aliphatic carbocycles. The highest BCUT2D eigenvalue weighted by Crippen LogP contribution is 2.29. The smallest absolute Gasteiger partial charge is 0.387 e. The summed E-state index contributed by atoms with van der Waals surface area (Å²) in [4.78, 5) is 9.62. The fourth-order valence-corrected chi connectivity index (χ4v) is 1.000. The first kappa shape index (κ1) is 11.3. The maximum absolute atomic E-state index is 11.9. The summed E-state index contributed by atoms with van der Waals surface area (Å²) >= 11 is 0. The van der Waals surface area contributed by atoms with Crippen LogP contribution in [0.3, 0.4) is 0 Å². The Kier molecular flexibility index (Phi) is 3.51. The molecule has 1 rings (SSSR count). The summed E-state index contributed by atoms with van der Waals surface area (Å²) in [5, 5.41) is 19.2. The number of aliphatic hydroxyl groups is 1. The number of nitro groups is 1. The van der Waals surface area contributed by atoms with Crippen LogP contribution in [-0.4, -0.2) is 16.6 Å². The van der Waals surface area contributed by atoms with Gasteiger partial charge in [-0.25, -0.2) is 0 Å². The Morgan fingerprint density at radius 1 is 1.53 bits per heavy atom. The largest absolute Gasteiger partial charge is 0.427 e. The second-order valence-electron chi connectivity index (χ2n) is 2.60. The van der Waals surface area contributed by atoms with Crippen LogP contribution in [0.4, 0.5) is 14.5 Å². The van der Waals surface area contributed by atoms with Crippen molar-refractivity contribution in [2.45, 2.75) is 13.2 Å². The summed E-state index contributed by atoms with van der Waals surface area (Å²) < 4.78 is 27.7. The van der Waals surface area contributed by atoms with Gasteiger partial charge >= 0.3 is 12.3 Å². The van der Waals surface area contributed by atoms with E-state index >= 15 is 0 Å². The zero-order chi connectivity index (χ0) is 11.4. The zero-order valence-corrected chi connectivity index (χ0v) is 7.39. The maximum atomic E-state index is 11.9. The molecule has 0 saturated carbocycles. The first-order valence-corrected chi connectivity index (χ1v) is 3.87. The molecule has 0 atom stereocenters. The SMILES string of the molecule is O=[N+]([O-])c1cc(CO)ccc1OC(F)F. The summed E-state index contributed by atoms with van der Waals surface area (Å²) in [5.41, 5.74) is -0.342. The van der Waals surface area contributed by atoms with E-state index in [1.165, 1.54) is 6.07 Å². The lowest BCUT2D eigenvalue weighted by molar-refractivity contribution is -0.386. The van der Waals surface area contributed by atoms with E-state index in [0.717, 1.165) is 12.1 Å². The van der Waals surface area contributed by atoms with Crippen molar-refractivity contribution < 1.29 is 23.5 Å². The molecule has 0 spiro atoms. The van der Waals surface area contributed by atoms with Gasteiger partial charge in [-0.2, -0.15) is 8.78 Å². The second kappa shape index (κ2) is 4.65. The molecular formula is C8H7F2NO4. The first-order chi connectivity index (χ1) is 7.04. The molecule has 0 bridgehead atoms. The fourth-order valence-electron chi connectivity index (χ4n) is 1.000. The summed E-state index contributed by atoms with van der Waals surface area (Å²) in [6.45, 7) is -3.53. The van der Waals surface area contributed by atoms with Gasteiger partial charge < -0.3 is 9.84 Å². The summed E-state index contributed by atoms with van der Waals surface area (Å²) in [7, 11) is 0. The van der Waals surface area contributed by atoms with E-state index in [0.29, 0.717) is 0 Å². The summed E-state index contributed by atoms with van der Waals surface area (Å²) in [6.07, 6.45) is 0. The quantitative estimate of drug-likeness (QED) is 0.617. The van der Waals surface area contributed by atoms with Crippen LogP contribution >= 0.6 is 0 Å². The van der Waals surface area contributed by atoms with Gasteiger partial charge in [0.25, 0.3) is 0 Å². The van der Waals surface area contributed by atoms with Crippen LogP contribution in [0.1, 0.15) is 5.56 Å². The molecule has 0 saturated heterocycles. The predicted molar refractivity (Wildman–Crippen MR) is 45.7 cm³/mol. The molecule has 82 valence electrons. The van der Waals surface area contributed by atoms with Crippen LogP contribution in [0, 0.1) is 10.1 Å². The van der Waals surface area contributed by atoms with Crippen LogP contribution in [0.2, 0.25) is 0 Å². The molecule has 5 nitrogen and oxygen atoms in total. The monoisotopic (exact) mass is 219 g/mol. The number of hydrogen-bond donors (Lipinski definition) is 1. The van der Waals surface area contributed by atoms with E-state index in [1.807, 2.05) is 0 Å². The highest BCUT2D eigenvalue weighted by atomic mass is 19.3. The molecule has 0 amide bonds. The van der Waals surface area contributed by atoms with Crippen molar-refractivity contribution >= 4 is 5.69 Å². The van der Waals surface area contributed by atoms with Crippen molar-refractivity contribution in [2.24, 2.45) is 0 Å². The molecule has 0 heterocycles. The molecule has 0 fully saturated rings. The van der Waals surface area contributed by atoms with Crippen LogP contribution in [0.15, 0.2) is 18.2 Å². The minimum absolute atomic E-state index is 0.253. The van der Waals surface area contributed by atoms with Crippen molar-refractivity contribution in [1.82, 2.24) is 0 Å². The molecule has 0 radical (unpaired) electrons. The number of alkyl halides is 2. The van der Waals surface area contributed by atoms with Crippen molar-refractivity contribution in [3.8, 4) is 5.75 Å². The molecule has 1 aromatic rings. The summed E-state index contributed by atoms with van der Waals surface area (Å²) in [6, 6.07) is 3.28. The average Bonchev–Trinajstić information content (AvgIpc) is 2.17. The molecule has 15 heavy (non-hydrogen) atoms. The molecule has 0 unspecified atom stereocenters. The number of halogens is 2. The number of nitro benzene ring substituents is 1. The first-order valence-electron chi connectivity index (χ1n) is 3.87. The molecule has 0 aromatic heterocycles. The van der Waals surface area contributed by atoms with Crippen LogP contribution < -0.4 is 4.74 Å². The van der Waals surface area contributed by atoms with Gasteiger partial charge in [-0.05, 0) is 11.6 Å². The van der Waals surface area contributed by atoms with Gasteiger partial charge in [0.1, 0.15) is 0 Å². The standard InChI is InChI=1S/C8H7F2NO4/c9-8(10)15-7-2-1-5(4-12)3-6(7)11(13)14/h1-3,8,12H,4H2. The number of aliphatic hydroxyl groups excluding tert-OH is 1. The molecular weight excluding hydrogens is 212 g/mol. The Morgan fingerprint density at radius 3 is 2.67 bits per heavy atom. The lowest BCUT2D eigenvalue weighted by Gasteiger charge is -2.05. The third kappa shape index (κ3) is 2.84. The Bertz CT molecular complexity index is 370. The number of ether oxygens (including phenoxy) is 1. The molecule has 7 heteroatoms. The Morgan fingerprint density at radius 2 is 2.20 bits per heavy atom. The fraction of sp³-hybridized carbons (Fsp3) is 0.250. The number of benzene rings is 1. The van der Waals surface area contributed by atoms with E-state index < -0.39 is 29.6 Å². The second-order valence-corrected chi connectivity index (χ2v) is 2.60. The van der Waals surface area contributed by atoms with Crippen LogP contribution in [0.5, 0.6) is 5.75 Å². The lowest BCUT2D eigenvalue weighted by Crippen LogP contribution is -2.04. The summed E-state index contributed by atoms with van der Waals surface area (Å²) in [5.74, 6) is -0.521. The molecule has 1 N–H and O–H groups in total. The van der Waals surface area contributed by atoms with Crippen molar-refractivity contribution in [1.29, 1.82) is 0 Å². The Labute approximate surface area is 83.1 Å². The van der Waals surface area contributed by atoms with Gasteiger partial charge in [0.15, 0.2) is 0 Å². The van der Waals surface area contributed by atoms with Crippen LogP contribution in [0.25, 0.3) is 0 Å². The predicted octanol–water partition coefficient (Wildman–Crippen LogP) is 1.69. The molecule has 0 aliphatic heterocycles. The molecule has 0 aliphatic rings. The van der Waals surface area contributed by atoms with E-state index in [4.69, 9.17) is 5.11 Å². The maximum Gasteiger partial charge on any atom is 0.387 e. The van der Waals surface area contributed by atoms with Gasteiger partial charge in [-0.1, -0.05) is 6.07 Å². The van der Waals surface area contributed by atoms with E-state index in [2.05, 4.69) is 4.74 Å². The van der Waals surface area contributed by atoms with Crippen molar-refractivity contribution in [2.75, 3.05) is 0 Å². The minimum atomic E-state index is -3.12. The van der Waals surface area contributed by atoms with Gasteiger partial charge in [0.05, 0.1) is 11.5 Å². The van der Waals surface area contributed by atoms with E-state index in [1.54, 1.807) is 0 Å². The van der Waals surface area contributed by atoms with E-state index in [-0.39, 0.29) is 5.56 Å². The normalized spacial score (nSPS) is 10.4.